The number of hydrogen-bond acceptors (Lipinski definition) is 4. The third-order valence-corrected chi connectivity index (χ3v) is 3.69. The summed E-state index contributed by atoms with van der Waals surface area (Å²) >= 11 is 0. The van der Waals surface area contributed by atoms with Crippen LogP contribution in [0.4, 0.5) is 5.69 Å². The molecule has 1 fully saturated rings. The highest BCUT2D eigenvalue weighted by atomic mass is 16.7. The van der Waals surface area contributed by atoms with Crippen LogP contribution in [0.1, 0.15) is 44.1 Å². The summed E-state index contributed by atoms with van der Waals surface area (Å²) in [5, 5.41) is 12.1. The lowest BCUT2D eigenvalue weighted by atomic mass is 10.2. The Morgan fingerprint density at radius 2 is 2.00 bits per heavy atom. The lowest BCUT2D eigenvalue weighted by Gasteiger charge is -2.22. The molecule has 1 saturated heterocycles. The van der Waals surface area contributed by atoms with Crippen LogP contribution in [0.25, 0.3) is 0 Å². The molecule has 1 aromatic rings. The summed E-state index contributed by atoms with van der Waals surface area (Å²) in [7, 11) is 0. The Kier molecular flexibility index (Phi) is 7.57. The number of unbranched alkanes of at least 4 members (excludes halogenated alkanes) is 2. The molecule has 0 aromatic heterocycles. The lowest BCUT2D eigenvalue weighted by molar-refractivity contribution is -0.168. The molecular formula is C17H27NO3. The fraction of sp³-hybridized carbons (Fsp3) is 0.647. The van der Waals surface area contributed by atoms with Gasteiger partial charge in [-0.15, -0.1) is 0 Å². The van der Waals surface area contributed by atoms with Gasteiger partial charge in [0, 0.05) is 25.4 Å². The third-order valence-electron chi connectivity index (χ3n) is 3.69. The number of aliphatic hydroxyl groups is 1. The highest BCUT2D eigenvalue weighted by Gasteiger charge is 2.13. The van der Waals surface area contributed by atoms with Crippen molar-refractivity contribution in [2.75, 3.05) is 25.1 Å². The van der Waals surface area contributed by atoms with E-state index in [1.165, 1.54) is 12.0 Å². The Morgan fingerprint density at radius 1 is 1.14 bits per heavy atom. The Labute approximate surface area is 127 Å². The summed E-state index contributed by atoms with van der Waals surface area (Å²) in [6, 6.07) is 8.37. The van der Waals surface area contributed by atoms with Crippen LogP contribution in [0.15, 0.2) is 24.3 Å². The van der Waals surface area contributed by atoms with Gasteiger partial charge in [-0.3, -0.25) is 0 Å². The fourth-order valence-corrected chi connectivity index (χ4v) is 2.40. The summed E-state index contributed by atoms with van der Waals surface area (Å²) < 4.78 is 11.3. The zero-order chi connectivity index (χ0) is 14.8. The smallest absolute Gasteiger partial charge is 0.158 e. The number of hydrogen-bond donors (Lipinski definition) is 2. The largest absolute Gasteiger partial charge is 0.396 e. The molecule has 118 valence electrons. The number of anilines is 1. The first-order chi connectivity index (χ1) is 10.4. The van der Waals surface area contributed by atoms with Crippen LogP contribution in [0.3, 0.4) is 0 Å². The van der Waals surface area contributed by atoms with Gasteiger partial charge in [-0.25, -0.2) is 0 Å². The number of aliphatic hydroxyl groups excluding tert-OH is 1. The molecule has 0 radical (unpaired) electrons. The minimum atomic E-state index is -0.0249. The summed E-state index contributed by atoms with van der Waals surface area (Å²) in [4.78, 5) is 0. The van der Waals surface area contributed by atoms with Crippen LogP contribution in [-0.2, 0) is 16.1 Å². The first-order valence-corrected chi connectivity index (χ1v) is 8.05. The molecule has 4 nitrogen and oxygen atoms in total. The summed E-state index contributed by atoms with van der Waals surface area (Å²) in [5.74, 6) is 0. The van der Waals surface area contributed by atoms with Crippen LogP contribution >= 0.6 is 0 Å². The molecule has 0 spiro atoms. The van der Waals surface area contributed by atoms with Gasteiger partial charge in [-0.2, -0.15) is 0 Å². The van der Waals surface area contributed by atoms with Gasteiger partial charge in [0.05, 0.1) is 6.61 Å². The molecule has 1 aliphatic heterocycles. The van der Waals surface area contributed by atoms with E-state index in [1.807, 2.05) is 0 Å². The Morgan fingerprint density at radius 3 is 2.71 bits per heavy atom. The van der Waals surface area contributed by atoms with Crippen molar-refractivity contribution in [2.45, 2.75) is 51.4 Å². The zero-order valence-electron chi connectivity index (χ0n) is 12.7. The second-order valence-electron chi connectivity index (χ2n) is 5.52. The van der Waals surface area contributed by atoms with E-state index in [4.69, 9.17) is 14.6 Å². The maximum atomic E-state index is 8.72. The highest BCUT2D eigenvalue weighted by Crippen LogP contribution is 2.16. The second kappa shape index (κ2) is 9.77. The van der Waals surface area contributed by atoms with Gasteiger partial charge in [0.25, 0.3) is 0 Å². The summed E-state index contributed by atoms with van der Waals surface area (Å²) in [6.07, 6.45) is 6.38. The van der Waals surface area contributed by atoms with Crippen LogP contribution in [0.2, 0.25) is 0 Å². The Balaban J connectivity index is 1.64. The van der Waals surface area contributed by atoms with Gasteiger partial charge in [0.15, 0.2) is 6.29 Å². The van der Waals surface area contributed by atoms with Crippen molar-refractivity contribution in [1.29, 1.82) is 0 Å². The maximum absolute atomic E-state index is 8.72. The highest BCUT2D eigenvalue weighted by molar-refractivity contribution is 5.44. The van der Waals surface area contributed by atoms with E-state index in [1.54, 1.807) is 0 Å². The molecule has 2 rings (SSSR count). The molecule has 0 bridgehead atoms. The molecule has 0 amide bonds. The van der Waals surface area contributed by atoms with Gasteiger partial charge < -0.3 is 19.9 Å². The molecular weight excluding hydrogens is 266 g/mol. The average Bonchev–Trinajstić information content (AvgIpc) is 2.55. The van der Waals surface area contributed by atoms with Gasteiger partial charge in [-0.1, -0.05) is 12.1 Å². The SMILES string of the molecule is OCCCCCNc1ccc(CO[C@H]2CCCCO2)cc1. The Hall–Kier alpha value is -1.10. The van der Waals surface area contributed by atoms with Crippen LogP contribution in [0, 0.1) is 0 Å². The molecule has 0 saturated carbocycles. The molecule has 1 aliphatic rings. The predicted molar refractivity (Wildman–Crippen MR) is 84.2 cm³/mol. The average molecular weight is 293 g/mol. The minimum Gasteiger partial charge on any atom is -0.396 e. The molecule has 2 N–H and O–H groups in total. The van der Waals surface area contributed by atoms with Crippen molar-refractivity contribution in [1.82, 2.24) is 0 Å². The van der Waals surface area contributed by atoms with Crippen molar-refractivity contribution in [3.05, 3.63) is 29.8 Å². The summed E-state index contributed by atoms with van der Waals surface area (Å²) in [6.45, 7) is 2.68. The van der Waals surface area contributed by atoms with Crippen molar-refractivity contribution in [3.8, 4) is 0 Å². The number of nitrogens with one attached hydrogen (secondary N) is 1. The Bertz CT molecular complexity index is 374. The van der Waals surface area contributed by atoms with Crippen molar-refractivity contribution < 1.29 is 14.6 Å². The fourth-order valence-electron chi connectivity index (χ4n) is 2.40. The molecule has 4 heteroatoms. The van der Waals surface area contributed by atoms with E-state index >= 15 is 0 Å². The number of ether oxygens (including phenoxy) is 2. The van der Waals surface area contributed by atoms with E-state index in [-0.39, 0.29) is 6.29 Å². The first-order valence-electron chi connectivity index (χ1n) is 8.05. The van der Waals surface area contributed by atoms with E-state index in [0.717, 1.165) is 50.9 Å². The van der Waals surface area contributed by atoms with Gasteiger partial charge >= 0.3 is 0 Å². The van der Waals surface area contributed by atoms with E-state index in [9.17, 15) is 0 Å². The van der Waals surface area contributed by atoms with Crippen molar-refractivity contribution in [2.24, 2.45) is 0 Å². The second-order valence-corrected chi connectivity index (χ2v) is 5.52. The normalized spacial score (nSPS) is 18.6. The lowest BCUT2D eigenvalue weighted by Crippen LogP contribution is -2.21. The van der Waals surface area contributed by atoms with Crippen molar-refractivity contribution in [3.63, 3.8) is 0 Å². The molecule has 0 aliphatic carbocycles. The molecule has 1 heterocycles. The minimum absolute atomic E-state index is 0.0249. The molecule has 21 heavy (non-hydrogen) atoms. The number of rotatable bonds is 9. The van der Waals surface area contributed by atoms with Gasteiger partial charge in [-0.05, 0) is 56.2 Å². The molecule has 1 aromatic carbocycles. The standard InChI is InChI=1S/C17H27NO3/c19-12-4-1-3-11-18-16-9-7-15(8-10-16)14-21-17-6-2-5-13-20-17/h7-10,17-19H,1-6,11-14H2/t17-/m0/s1. The van der Waals surface area contributed by atoms with Crippen LogP contribution in [-0.4, -0.2) is 31.2 Å². The van der Waals surface area contributed by atoms with E-state index < -0.39 is 0 Å². The number of benzene rings is 1. The summed E-state index contributed by atoms with van der Waals surface area (Å²) in [5.41, 5.74) is 2.31. The van der Waals surface area contributed by atoms with E-state index in [0.29, 0.717) is 13.2 Å². The molecule has 1 atom stereocenters. The van der Waals surface area contributed by atoms with Crippen LogP contribution in [0.5, 0.6) is 0 Å². The maximum Gasteiger partial charge on any atom is 0.158 e. The van der Waals surface area contributed by atoms with Gasteiger partial charge in [0.1, 0.15) is 0 Å². The molecule has 0 unspecified atom stereocenters. The van der Waals surface area contributed by atoms with Gasteiger partial charge in [0.2, 0.25) is 0 Å². The first kappa shape index (κ1) is 16.3. The zero-order valence-corrected chi connectivity index (χ0v) is 12.7. The topological polar surface area (TPSA) is 50.7 Å². The monoisotopic (exact) mass is 293 g/mol. The van der Waals surface area contributed by atoms with Crippen LogP contribution < -0.4 is 5.32 Å². The van der Waals surface area contributed by atoms with E-state index in [2.05, 4.69) is 29.6 Å². The third kappa shape index (κ3) is 6.46. The quantitative estimate of drug-likeness (QED) is 0.686. The van der Waals surface area contributed by atoms with Crippen molar-refractivity contribution >= 4 is 5.69 Å². The predicted octanol–water partition coefficient (Wildman–Crippen LogP) is 3.30.